The Kier molecular flexibility index (Phi) is 12.6. The molecule has 0 aromatic rings. The zero-order valence-corrected chi connectivity index (χ0v) is 32.0. The molecular weight excluding hydrogens is 682 g/mol. The number of fused-ring (bicyclic) bond motifs is 8. The molecular formula is C41H65NO11. The van der Waals surface area contributed by atoms with Crippen molar-refractivity contribution in [3.8, 4) is 0 Å². The minimum Gasteiger partial charge on any atom is -0.393 e. The highest BCUT2D eigenvalue weighted by molar-refractivity contribution is 5.79. The minimum atomic E-state index is -1.57. The predicted octanol–water partition coefficient (Wildman–Crippen LogP) is 3.65. The number of aliphatic hydroxyl groups excluding tert-OH is 2. The average molecular weight is 748 g/mol. The van der Waals surface area contributed by atoms with Gasteiger partial charge in [0.15, 0.2) is 5.79 Å². The largest absolute Gasteiger partial charge is 0.393 e. The van der Waals surface area contributed by atoms with Crippen LogP contribution in [0.3, 0.4) is 0 Å². The Hall–Kier alpha value is -1.29. The van der Waals surface area contributed by atoms with Crippen molar-refractivity contribution in [2.45, 2.75) is 195 Å². The summed E-state index contributed by atoms with van der Waals surface area (Å²) in [6.45, 7) is 13.1. The molecule has 0 radical (unpaired) electrons. The number of nitrogens with two attached hydrogens (primary N) is 1. The van der Waals surface area contributed by atoms with Crippen LogP contribution in [0.2, 0.25) is 0 Å². The molecule has 0 aromatic carbocycles. The molecule has 0 amide bonds. The zero-order chi connectivity index (χ0) is 37.6. The Morgan fingerprint density at radius 1 is 0.868 bits per heavy atom. The van der Waals surface area contributed by atoms with Crippen LogP contribution in [0.15, 0.2) is 24.3 Å². The predicted molar refractivity (Wildman–Crippen MR) is 195 cm³/mol. The first kappa shape index (κ1) is 39.9. The summed E-state index contributed by atoms with van der Waals surface area (Å²) in [4.78, 5) is 14.0. The van der Waals surface area contributed by atoms with Gasteiger partial charge < -0.3 is 54.2 Å². The van der Waals surface area contributed by atoms with Crippen molar-refractivity contribution in [2.75, 3.05) is 13.7 Å². The molecule has 0 spiro atoms. The maximum absolute atomic E-state index is 14.0. The Morgan fingerprint density at radius 3 is 2.40 bits per heavy atom. The molecule has 7 fully saturated rings. The van der Waals surface area contributed by atoms with Crippen molar-refractivity contribution in [3.05, 3.63) is 24.3 Å². The van der Waals surface area contributed by atoms with Crippen molar-refractivity contribution in [2.24, 2.45) is 23.5 Å². The van der Waals surface area contributed by atoms with Crippen LogP contribution in [0.1, 0.15) is 104 Å². The average Bonchev–Trinajstić information content (AvgIpc) is 3.64. The second kappa shape index (κ2) is 16.7. The van der Waals surface area contributed by atoms with Gasteiger partial charge in [0, 0.05) is 70.4 Å². The number of aliphatic hydroxyl groups is 3. The van der Waals surface area contributed by atoms with E-state index in [0.29, 0.717) is 51.4 Å². The lowest BCUT2D eigenvalue weighted by molar-refractivity contribution is -0.327. The topological polar surface area (TPSA) is 168 Å². The summed E-state index contributed by atoms with van der Waals surface area (Å²) in [5, 5.41) is 33.8. The van der Waals surface area contributed by atoms with Crippen molar-refractivity contribution >= 4 is 5.78 Å². The molecule has 18 atom stereocenters. The molecule has 5 N–H and O–H groups in total. The van der Waals surface area contributed by atoms with Gasteiger partial charge in [-0.2, -0.15) is 0 Å². The third-order valence-corrected chi connectivity index (χ3v) is 13.7. The highest BCUT2D eigenvalue weighted by Gasteiger charge is 2.53. The molecule has 7 saturated heterocycles. The number of methoxy groups -OCH3 is 1. The first-order chi connectivity index (χ1) is 25.3. The lowest BCUT2D eigenvalue weighted by atomic mass is 9.80. The van der Waals surface area contributed by atoms with Gasteiger partial charge in [0.1, 0.15) is 11.9 Å². The number of Topliss-reactive ketones (excluding diaryl/α,β-unsaturated/α-hetero) is 1. The Bertz CT molecular complexity index is 1310. The van der Waals surface area contributed by atoms with E-state index in [2.05, 4.69) is 20.1 Å². The van der Waals surface area contributed by atoms with Crippen molar-refractivity contribution < 1.29 is 53.3 Å². The van der Waals surface area contributed by atoms with Crippen molar-refractivity contribution in [3.63, 3.8) is 0 Å². The second-order valence-electron chi connectivity index (χ2n) is 17.6. The van der Waals surface area contributed by atoms with E-state index < -0.39 is 42.4 Å². The summed E-state index contributed by atoms with van der Waals surface area (Å²) in [5.74, 6) is -1.71. The molecule has 7 aliphatic rings. The maximum Gasteiger partial charge on any atom is 0.168 e. The van der Waals surface area contributed by atoms with E-state index in [4.69, 9.17) is 38.9 Å². The highest BCUT2D eigenvalue weighted by atomic mass is 16.7. The fraction of sp³-hybridized carbons (Fsp3) is 0.878. The number of ether oxygens (including phenoxy) is 7. The van der Waals surface area contributed by atoms with Gasteiger partial charge in [-0.3, -0.25) is 4.79 Å². The van der Waals surface area contributed by atoms with Gasteiger partial charge in [-0.05, 0) is 62.0 Å². The Balaban J connectivity index is 1.16. The number of rotatable bonds is 4. The summed E-state index contributed by atoms with van der Waals surface area (Å²) in [6.07, 6.45) is 2.36. The molecule has 12 heteroatoms. The smallest absolute Gasteiger partial charge is 0.168 e. The molecule has 0 unspecified atom stereocenters. The molecule has 300 valence electrons. The van der Waals surface area contributed by atoms with Crippen molar-refractivity contribution in [1.29, 1.82) is 0 Å². The second-order valence-corrected chi connectivity index (χ2v) is 17.6. The molecule has 9 bridgehead atoms. The molecule has 7 heterocycles. The van der Waals surface area contributed by atoms with E-state index in [0.717, 1.165) is 30.4 Å². The van der Waals surface area contributed by atoms with Crippen LogP contribution >= 0.6 is 0 Å². The van der Waals surface area contributed by atoms with Crippen LogP contribution in [0, 0.1) is 17.8 Å². The third-order valence-electron chi connectivity index (χ3n) is 13.7. The molecule has 7 rings (SSSR count). The number of hydrogen-bond acceptors (Lipinski definition) is 12. The first-order valence-electron chi connectivity index (χ1n) is 20.5. The van der Waals surface area contributed by atoms with Gasteiger partial charge in [-0.1, -0.05) is 27.0 Å². The molecule has 0 aromatic heterocycles. The van der Waals surface area contributed by atoms with E-state index in [1.807, 2.05) is 6.92 Å². The molecule has 7 aliphatic heterocycles. The zero-order valence-electron chi connectivity index (χ0n) is 32.0. The van der Waals surface area contributed by atoms with Gasteiger partial charge in [-0.25, -0.2) is 0 Å². The van der Waals surface area contributed by atoms with Crippen LogP contribution in [0.4, 0.5) is 0 Å². The normalized spacial score (nSPS) is 49.1. The lowest BCUT2D eigenvalue weighted by Gasteiger charge is -2.51. The number of hydrogen-bond donors (Lipinski definition) is 4. The van der Waals surface area contributed by atoms with Crippen molar-refractivity contribution in [1.82, 2.24) is 0 Å². The van der Waals surface area contributed by atoms with Crippen LogP contribution in [0.5, 0.6) is 0 Å². The van der Waals surface area contributed by atoms with E-state index >= 15 is 0 Å². The summed E-state index contributed by atoms with van der Waals surface area (Å²) in [5.41, 5.74) is 7.89. The van der Waals surface area contributed by atoms with Gasteiger partial charge in [0.25, 0.3) is 0 Å². The van der Waals surface area contributed by atoms with E-state index in [9.17, 15) is 20.1 Å². The first-order valence-corrected chi connectivity index (χ1v) is 20.5. The fourth-order valence-electron chi connectivity index (χ4n) is 10.5. The van der Waals surface area contributed by atoms with Crippen LogP contribution in [-0.4, -0.2) is 126 Å². The molecule has 0 saturated carbocycles. The van der Waals surface area contributed by atoms with Gasteiger partial charge in [0.2, 0.25) is 0 Å². The standard InChI is InChI=1S/C41H65NO11/c1-21-12-27-6-8-32-22(2)13-29(48-32)10-11-41(46)19-31(45)24(4)35-18-38(53-41)40-33(51-35)9-7-28(50-40)14-25(43)15-30-36(17-34(49-27)23(21)3)52-37(39(30)47-5)16-26(44)20-42/h21,24,26-40,44-46H,2-3,6-20,42H2,1,4-5H3/t21-,24+,26+,27+,28-,29+,30+,31-,32+,33+,34-,35-,36+,37-,38-,39-,40+,41+/m1/s1. The van der Waals surface area contributed by atoms with Gasteiger partial charge >= 0.3 is 0 Å². The highest BCUT2D eigenvalue weighted by Crippen LogP contribution is 2.45. The minimum absolute atomic E-state index is 0.000548. The van der Waals surface area contributed by atoms with Gasteiger partial charge in [-0.15, -0.1) is 0 Å². The number of ketones is 1. The molecule has 0 aliphatic carbocycles. The summed E-state index contributed by atoms with van der Waals surface area (Å²) in [7, 11) is 1.64. The van der Waals surface area contributed by atoms with Crippen LogP contribution in [0.25, 0.3) is 0 Å². The summed E-state index contributed by atoms with van der Waals surface area (Å²) >= 11 is 0. The molecule has 12 nitrogen and oxygen atoms in total. The van der Waals surface area contributed by atoms with E-state index in [-0.39, 0.29) is 98.2 Å². The van der Waals surface area contributed by atoms with Crippen LogP contribution in [-0.2, 0) is 38.0 Å². The van der Waals surface area contributed by atoms with Crippen LogP contribution < -0.4 is 5.73 Å². The van der Waals surface area contributed by atoms with Gasteiger partial charge in [0.05, 0.1) is 79.4 Å². The maximum atomic E-state index is 14.0. The van der Waals surface area contributed by atoms with E-state index in [1.165, 1.54) is 0 Å². The fourth-order valence-corrected chi connectivity index (χ4v) is 10.5. The Labute approximate surface area is 315 Å². The lowest BCUT2D eigenvalue weighted by Crippen LogP contribution is -2.60. The number of carbonyl (C=O) groups is 1. The quantitative estimate of drug-likeness (QED) is 0.309. The summed E-state index contributed by atoms with van der Waals surface area (Å²) < 4.78 is 45.8. The SMILES string of the molecule is C=C1C[C@@H]2CC[C@@]3(O)C[C@@H](O)[C@H](C)[C@H]4C[C@@H](O3)[C@H]3O[C@H](CC[C@@H]3O4)CC(=O)C[C@@H]3[C@@H](OC)[C@@H](C[C@H](O)CN)O[C@H]3C[C@H]3O[C@@H](CC[C@@H]1O2)C[C@@H](C)C3=C. The Morgan fingerprint density at radius 2 is 1.62 bits per heavy atom. The van der Waals surface area contributed by atoms with E-state index in [1.54, 1.807) is 7.11 Å². The monoisotopic (exact) mass is 747 g/mol. The summed E-state index contributed by atoms with van der Waals surface area (Å²) in [6, 6.07) is 0. The third kappa shape index (κ3) is 8.83. The number of carbonyl (C=O) groups excluding carboxylic acids is 1. The molecule has 53 heavy (non-hydrogen) atoms.